The van der Waals surface area contributed by atoms with Crippen molar-refractivity contribution in [3.8, 4) is 158 Å². The molecule has 0 atom stereocenters. The molecule has 24 rings (SSSR count). The van der Waals surface area contributed by atoms with Crippen molar-refractivity contribution in [1.82, 2.24) is 99.4 Å². The quantitative estimate of drug-likeness (QED) is 0.0852. The minimum Gasteiger partial charge on any atom is -0.508 e. The van der Waals surface area contributed by atoms with E-state index in [1.807, 2.05) is 211 Å². The molecule has 28 heteroatoms. The van der Waals surface area contributed by atoms with Gasteiger partial charge in [-0.05, 0) is 199 Å². The molecule has 10 aromatic carbocycles. The number of hydrogen-bond donors (Lipinski definition) is 3. The molecule has 24 nitrogen and oxygen atoms in total. The van der Waals surface area contributed by atoms with Gasteiger partial charge in [0, 0.05) is 177 Å². The molecule has 0 bridgehead atoms. The first-order valence-electron chi connectivity index (χ1n) is 44.8. The second kappa shape index (κ2) is 41.2. The van der Waals surface area contributed by atoms with Gasteiger partial charge in [0.25, 0.3) is 0 Å². The van der Waals surface area contributed by atoms with Crippen LogP contribution in [-0.4, -0.2) is 119 Å². The molecule has 14 heterocycles. The molecule has 0 unspecified atom stereocenters. The van der Waals surface area contributed by atoms with Crippen molar-refractivity contribution in [2.45, 2.75) is 6.92 Å². The number of rotatable bonds is 14. The standard InChI is InChI=1S/C20H16FN3O.C20H14N4.C20H17N3O.C19H15N3O.C18H13FN4.C17H10F2N4/c1-24-18-10-13(5-6-15(18)12-23-24)16-4-3-9-22-20(16)14-7-8-17(21)19(11-14)25-2;1-24-19-11-15(7-8-17(19)13-23-24)18-6-3-9-22-20(18)16-5-2-4-14(10-16)12-21;1-23-19-12-14(8-9-16(19)13-22-23)18-7-4-10-21-20(18)15-5-3-6-17(11-15)24-2;1-22-18-11-13(7-8-15(18)12-21-22)17-6-3-9-20-19(17)14-4-2-5-16(23)10-14;1-11-7-12(4-5-15(11)19)18-14(3-2-6-20-18)13-8-16-17(21-9-13)10-22-23-16;18-13-4-3-10(6-14(13)19)17-12(2-1-5-20-17)11-7-15-16(21-8-11)9-22-23-15/h3-12H,1-2H3;2-11,13H,1H3;3-13H,1-2H3;2-12,23H,1H3;2-10H,1H3,(H,22,23);1-9H,(H,22,23). The van der Waals surface area contributed by atoms with E-state index in [0.717, 1.165) is 207 Å². The summed E-state index contributed by atoms with van der Waals surface area (Å²) in [5.41, 5.74) is 30.6. The summed E-state index contributed by atoms with van der Waals surface area (Å²) in [7, 11) is 10.9. The highest BCUT2D eigenvalue weighted by Crippen LogP contribution is 2.41. The van der Waals surface area contributed by atoms with Gasteiger partial charge in [0.15, 0.2) is 23.2 Å². The third-order valence-electron chi connectivity index (χ3n) is 24.1. The highest BCUT2D eigenvalue weighted by Gasteiger charge is 2.21. The molecule has 14 aromatic heterocycles. The van der Waals surface area contributed by atoms with Gasteiger partial charge in [0.2, 0.25) is 0 Å². The maximum Gasteiger partial charge on any atom is 0.165 e. The van der Waals surface area contributed by atoms with Crippen molar-refractivity contribution < 1.29 is 32.1 Å². The average Bonchev–Trinajstić information content (AvgIpc) is 1.13. The SMILES string of the molecule is COc1cc(-c2ncccc2-c2ccc3cnn(C)c3c2)ccc1F.COc1cccc(-c2ncccc2-c2ccc3cnn(C)c3c2)c1.Cc1cc(-c2ncccc2-c2cnc3cn[nH]c3c2)ccc1F.Cn1ncc2ccc(-c3cccnc3-c3cccc(C#N)c3)cc21.Cn1ncc2ccc(-c3cccnc3-c3cccc(O)c3)cc21.Fc1ccc(-c2ncccc2-c2cnc3cn[nH]c3c2)cc1F. The number of methoxy groups -OCH3 is 2. The number of fused-ring (bicyclic) bond motifs is 6. The largest absolute Gasteiger partial charge is 0.508 e. The van der Waals surface area contributed by atoms with E-state index >= 15 is 0 Å². The second-order valence-electron chi connectivity index (χ2n) is 33.0. The Morgan fingerprint density at radius 3 is 1.02 bits per heavy atom. The molecular formula is C114H85F4N21O3. The van der Waals surface area contributed by atoms with E-state index in [1.165, 1.54) is 25.3 Å². The van der Waals surface area contributed by atoms with E-state index < -0.39 is 11.6 Å². The number of aryl methyl sites for hydroxylation is 5. The number of hydrogen-bond acceptors (Lipinski definition) is 18. The van der Waals surface area contributed by atoms with Crippen LogP contribution in [0.2, 0.25) is 0 Å². The topological polar surface area (TPSA) is 294 Å². The lowest BCUT2D eigenvalue weighted by atomic mass is 9.98. The van der Waals surface area contributed by atoms with E-state index in [2.05, 4.69) is 166 Å². The van der Waals surface area contributed by atoms with Gasteiger partial charge in [0.05, 0.1) is 130 Å². The molecule has 142 heavy (non-hydrogen) atoms. The number of halogens is 4. The summed E-state index contributed by atoms with van der Waals surface area (Å²) < 4.78 is 71.9. The fraction of sp³-hybridized carbons (Fsp3) is 0.0614. The number of nitrogens with one attached hydrogen (secondary N) is 2. The van der Waals surface area contributed by atoms with Crippen LogP contribution in [-0.2, 0) is 28.2 Å². The number of pyridine rings is 8. The van der Waals surface area contributed by atoms with Crippen molar-refractivity contribution in [1.29, 1.82) is 5.26 Å². The Morgan fingerprint density at radius 1 is 0.296 bits per heavy atom. The first-order chi connectivity index (χ1) is 69.3. The van der Waals surface area contributed by atoms with Crippen molar-refractivity contribution >= 4 is 65.7 Å². The number of phenols is 1. The smallest absolute Gasteiger partial charge is 0.165 e. The van der Waals surface area contributed by atoms with E-state index in [9.17, 15) is 22.7 Å². The van der Waals surface area contributed by atoms with Crippen molar-refractivity contribution in [3.63, 3.8) is 0 Å². The summed E-state index contributed by atoms with van der Waals surface area (Å²) >= 11 is 0. The van der Waals surface area contributed by atoms with Crippen LogP contribution in [0.4, 0.5) is 17.6 Å². The lowest BCUT2D eigenvalue weighted by molar-refractivity contribution is 0.387. The number of nitrogens with zero attached hydrogens (tertiary/aromatic N) is 19. The normalized spacial score (nSPS) is 10.9. The Morgan fingerprint density at radius 2 is 0.641 bits per heavy atom. The zero-order valence-corrected chi connectivity index (χ0v) is 77.5. The number of aromatic amines is 2. The molecule has 0 aliphatic rings. The van der Waals surface area contributed by atoms with Gasteiger partial charge >= 0.3 is 0 Å². The van der Waals surface area contributed by atoms with E-state index in [0.29, 0.717) is 22.4 Å². The molecule has 0 fully saturated rings. The van der Waals surface area contributed by atoms with Crippen LogP contribution in [0.15, 0.2) is 372 Å². The number of aromatic nitrogens is 20. The van der Waals surface area contributed by atoms with Crippen molar-refractivity contribution in [2.24, 2.45) is 28.2 Å². The molecule has 0 spiro atoms. The molecule has 0 amide bonds. The molecule has 0 saturated carbocycles. The second-order valence-corrected chi connectivity index (χ2v) is 33.0. The predicted molar refractivity (Wildman–Crippen MR) is 547 cm³/mol. The fourth-order valence-electron chi connectivity index (χ4n) is 16.8. The average molecular weight is 1870 g/mol. The Bertz CT molecular complexity index is 8660. The van der Waals surface area contributed by atoms with Crippen LogP contribution < -0.4 is 9.47 Å². The van der Waals surface area contributed by atoms with Crippen LogP contribution in [0.3, 0.4) is 0 Å². The van der Waals surface area contributed by atoms with Gasteiger partial charge in [0.1, 0.15) is 28.3 Å². The zero-order valence-electron chi connectivity index (χ0n) is 77.5. The van der Waals surface area contributed by atoms with Crippen LogP contribution >= 0.6 is 0 Å². The molecule has 0 aliphatic heterocycles. The summed E-state index contributed by atoms with van der Waals surface area (Å²) in [5.74, 6) is -1.12. The molecule has 3 N–H and O–H groups in total. The minimum atomic E-state index is -0.902. The third-order valence-corrected chi connectivity index (χ3v) is 24.1. The number of aromatic hydroxyl groups is 1. The first kappa shape index (κ1) is 91.9. The Labute approximate surface area is 810 Å². The summed E-state index contributed by atoms with van der Waals surface area (Å²) in [5, 5.41) is 54.2. The molecule has 24 aromatic rings. The number of phenolic OH excluding ortho intramolecular Hbond substituents is 1. The van der Waals surface area contributed by atoms with Crippen LogP contribution in [0, 0.1) is 41.5 Å². The highest BCUT2D eigenvalue weighted by molar-refractivity contribution is 5.95. The minimum absolute atomic E-state index is 0.205. The van der Waals surface area contributed by atoms with Crippen LogP contribution in [0.1, 0.15) is 11.1 Å². The van der Waals surface area contributed by atoms with Crippen molar-refractivity contribution in [3.05, 3.63) is 406 Å². The maximum atomic E-state index is 13.7. The van der Waals surface area contributed by atoms with E-state index in [1.54, 1.807) is 112 Å². The van der Waals surface area contributed by atoms with E-state index in [-0.39, 0.29) is 23.1 Å². The first-order valence-corrected chi connectivity index (χ1v) is 44.8. The monoisotopic (exact) mass is 1870 g/mol. The Kier molecular flexibility index (Phi) is 26.7. The molecule has 0 saturated heterocycles. The number of ether oxygens (including phenoxy) is 2. The van der Waals surface area contributed by atoms with Gasteiger partial charge in [-0.2, -0.15) is 35.9 Å². The predicted octanol–water partition coefficient (Wildman–Crippen LogP) is 25.0. The number of H-pyrrole nitrogens is 2. The third kappa shape index (κ3) is 19.8. The maximum absolute atomic E-state index is 13.7. The summed E-state index contributed by atoms with van der Waals surface area (Å²) in [6.07, 6.45) is 24.7. The van der Waals surface area contributed by atoms with Gasteiger partial charge < -0.3 is 14.6 Å². The fourth-order valence-corrected chi connectivity index (χ4v) is 16.8. The lowest BCUT2D eigenvalue weighted by Crippen LogP contribution is -1.93. The lowest BCUT2D eigenvalue weighted by Gasteiger charge is -2.11. The number of nitriles is 1. The van der Waals surface area contributed by atoms with Gasteiger partial charge in [-0.3, -0.25) is 68.8 Å². The van der Waals surface area contributed by atoms with Crippen LogP contribution in [0.5, 0.6) is 17.2 Å². The van der Waals surface area contributed by atoms with Crippen LogP contribution in [0.25, 0.3) is 200 Å². The molecule has 0 aliphatic carbocycles. The summed E-state index contributed by atoms with van der Waals surface area (Å²) in [4.78, 5) is 35.8. The van der Waals surface area contributed by atoms with Gasteiger partial charge in [-0.1, -0.05) is 121 Å². The number of benzene rings is 10. The zero-order chi connectivity index (χ0) is 97.9. The molecular weight excluding hydrogens is 1790 g/mol. The van der Waals surface area contributed by atoms with Crippen molar-refractivity contribution in [2.75, 3.05) is 14.2 Å². The Balaban J connectivity index is 0.000000108. The highest BCUT2D eigenvalue weighted by atomic mass is 19.2. The van der Waals surface area contributed by atoms with E-state index in [4.69, 9.17) is 14.7 Å². The van der Waals surface area contributed by atoms with Gasteiger partial charge in [-0.15, -0.1) is 0 Å². The molecule has 692 valence electrons. The molecule has 0 radical (unpaired) electrons. The summed E-state index contributed by atoms with van der Waals surface area (Å²) in [6.45, 7) is 1.75. The summed E-state index contributed by atoms with van der Waals surface area (Å²) in [6, 6.07) is 90.8. The van der Waals surface area contributed by atoms with Gasteiger partial charge in [-0.25, -0.2) is 17.6 Å². The Hall–Kier alpha value is -19.2.